The molecule has 0 aliphatic carbocycles. The standard InChI is InChI=1S/C25H36Cl2O3/c1-28-25-23-14-13-22(29-18-10-6-2-4-8-16-26)20-21(23)12-15-24(25)30-19-11-7-3-5-9-17-27/h12-15,20H,2-11,16-19H2,1H3. The van der Waals surface area contributed by atoms with Crippen molar-refractivity contribution in [2.75, 3.05) is 32.1 Å². The third-order valence-electron chi connectivity index (χ3n) is 5.19. The Hall–Kier alpha value is -1.32. The molecule has 0 amide bonds. The molecule has 0 aromatic heterocycles. The van der Waals surface area contributed by atoms with Crippen molar-refractivity contribution in [3.05, 3.63) is 30.3 Å². The van der Waals surface area contributed by atoms with Crippen LogP contribution in [0, 0.1) is 0 Å². The first kappa shape index (κ1) is 24.9. The first-order chi connectivity index (χ1) is 14.8. The Labute approximate surface area is 192 Å². The summed E-state index contributed by atoms with van der Waals surface area (Å²) in [5.41, 5.74) is 0. The minimum atomic E-state index is 0.703. The second-order valence-electron chi connectivity index (χ2n) is 7.59. The summed E-state index contributed by atoms with van der Waals surface area (Å²) in [5.74, 6) is 4.01. The second-order valence-corrected chi connectivity index (χ2v) is 8.35. The fraction of sp³-hybridized carbons (Fsp3) is 0.600. The molecular formula is C25H36Cl2O3. The van der Waals surface area contributed by atoms with Crippen LogP contribution < -0.4 is 14.2 Å². The van der Waals surface area contributed by atoms with Crippen LogP contribution in [0.3, 0.4) is 0 Å². The molecule has 0 spiro atoms. The lowest BCUT2D eigenvalue weighted by Gasteiger charge is -2.14. The van der Waals surface area contributed by atoms with Gasteiger partial charge in [0, 0.05) is 17.1 Å². The van der Waals surface area contributed by atoms with Crippen LogP contribution in [0.4, 0.5) is 0 Å². The van der Waals surface area contributed by atoms with E-state index >= 15 is 0 Å². The Balaban J connectivity index is 1.84. The van der Waals surface area contributed by atoms with Crippen LogP contribution >= 0.6 is 23.2 Å². The van der Waals surface area contributed by atoms with Crippen LogP contribution in [0.2, 0.25) is 0 Å². The van der Waals surface area contributed by atoms with E-state index in [2.05, 4.69) is 18.2 Å². The Bertz CT molecular complexity index is 721. The van der Waals surface area contributed by atoms with Gasteiger partial charge >= 0.3 is 0 Å². The Kier molecular flexibility index (Phi) is 12.9. The fourth-order valence-corrected chi connectivity index (χ4v) is 3.88. The molecule has 5 heteroatoms. The highest BCUT2D eigenvalue weighted by molar-refractivity contribution is 6.18. The normalized spacial score (nSPS) is 11.0. The van der Waals surface area contributed by atoms with Crippen LogP contribution in [-0.4, -0.2) is 32.1 Å². The fourth-order valence-electron chi connectivity index (χ4n) is 3.50. The van der Waals surface area contributed by atoms with Gasteiger partial charge in [-0.1, -0.05) is 44.6 Å². The van der Waals surface area contributed by atoms with Crippen molar-refractivity contribution in [2.24, 2.45) is 0 Å². The number of hydrogen-bond acceptors (Lipinski definition) is 3. The minimum absolute atomic E-state index is 0.703. The highest BCUT2D eigenvalue weighted by Crippen LogP contribution is 2.37. The zero-order valence-corrected chi connectivity index (χ0v) is 19.8. The van der Waals surface area contributed by atoms with Gasteiger partial charge in [-0.05, 0) is 55.3 Å². The molecule has 2 rings (SSSR count). The molecule has 2 aromatic carbocycles. The number of hydrogen-bond donors (Lipinski definition) is 0. The van der Waals surface area contributed by atoms with Gasteiger partial charge < -0.3 is 14.2 Å². The number of fused-ring (bicyclic) bond motifs is 1. The van der Waals surface area contributed by atoms with E-state index in [0.717, 1.165) is 72.1 Å². The molecule has 0 unspecified atom stereocenters. The number of halogens is 2. The number of benzene rings is 2. The average Bonchev–Trinajstić information content (AvgIpc) is 2.77. The van der Waals surface area contributed by atoms with Crippen LogP contribution in [0.1, 0.15) is 64.2 Å². The third kappa shape index (κ3) is 8.81. The van der Waals surface area contributed by atoms with Gasteiger partial charge in [-0.2, -0.15) is 0 Å². The highest BCUT2D eigenvalue weighted by Gasteiger charge is 2.10. The first-order valence-electron chi connectivity index (χ1n) is 11.3. The Morgan fingerprint density at radius 3 is 1.90 bits per heavy atom. The highest BCUT2D eigenvalue weighted by atomic mass is 35.5. The summed E-state index contributed by atoms with van der Waals surface area (Å²) in [6, 6.07) is 10.2. The number of rotatable bonds is 17. The maximum atomic E-state index is 6.00. The molecule has 0 aliphatic rings. The molecule has 0 heterocycles. The zero-order chi connectivity index (χ0) is 21.4. The molecule has 0 atom stereocenters. The topological polar surface area (TPSA) is 27.7 Å². The largest absolute Gasteiger partial charge is 0.494 e. The van der Waals surface area contributed by atoms with Gasteiger partial charge in [-0.25, -0.2) is 0 Å². The lowest BCUT2D eigenvalue weighted by Crippen LogP contribution is -2.00. The lowest BCUT2D eigenvalue weighted by atomic mass is 10.1. The predicted octanol–water partition coefficient (Wildman–Crippen LogP) is 7.98. The van der Waals surface area contributed by atoms with Crippen molar-refractivity contribution >= 4 is 34.0 Å². The van der Waals surface area contributed by atoms with Gasteiger partial charge in [0.05, 0.1) is 20.3 Å². The molecule has 2 aromatic rings. The van der Waals surface area contributed by atoms with Gasteiger partial charge in [0.15, 0.2) is 11.5 Å². The number of alkyl halides is 2. The van der Waals surface area contributed by atoms with E-state index in [-0.39, 0.29) is 0 Å². The van der Waals surface area contributed by atoms with E-state index in [1.807, 2.05) is 12.1 Å². The van der Waals surface area contributed by atoms with Gasteiger partial charge in [-0.15, -0.1) is 23.2 Å². The van der Waals surface area contributed by atoms with Crippen molar-refractivity contribution in [1.82, 2.24) is 0 Å². The first-order valence-corrected chi connectivity index (χ1v) is 12.4. The monoisotopic (exact) mass is 454 g/mol. The van der Waals surface area contributed by atoms with E-state index in [1.165, 1.54) is 38.5 Å². The summed E-state index contributed by atoms with van der Waals surface area (Å²) in [7, 11) is 1.70. The average molecular weight is 455 g/mol. The molecule has 168 valence electrons. The van der Waals surface area contributed by atoms with Crippen molar-refractivity contribution in [3.8, 4) is 17.2 Å². The molecule has 0 N–H and O–H groups in total. The van der Waals surface area contributed by atoms with Gasteiger partial charge in [0.1, 0.15) is 5.75 Å². The molecule has 0 saturated heterocycles. The van der Waals surface area contributed by atoms with Crippen LogP contribution in [-0.2, 0) is 0 Å². The third-order valence-corrected chi connectivity index (χ3v) is 5.73. The van der Waals surface area contributed by atoms with E-state index in [4.69, 9.17) is 37.4 Å². The SMILES string of the molecule is COc1c(OCCCCCCCCl)ccc2cc(OCCCCCCCCl)ccc12. The van der Waals surface area contributed by atoms with Crippen LogP contribution in [0.5, 0.6) is 17.2 Å². The second kappa shape index (κ2) is 15.5. The maximum Gasteiger partial charge on any atom is 0.168 e. The summed E-state index contributed by atoms with van der Waals surface area (Å²) in [6.07, 6.45) is 11.5. The molecule has 3 nitrogen and oxygen atoms in total. The van der Waals surface area contributed by atoms with E-state index in [1.54, 1.807) is 7.11 Å². The minimum Gasteiger partial charge on any atom is -0.494 e. The Morgan fingerprint density at radius 1 is 0.667 bits per heavy atom. The number of ether oxygens (including phenoxy) is 3. The quantitative estimate of drug-likeness (QED) is 0.179. The molecular weight excluding hydrogens is 419 g/mol. The van der Waals surface area contributed by atoms with Crippen molar-refractivity contribution in [3.63, 3.8) is 0 Å². The molecule has 0 saturated carbocycles. The molecule has 0 fully saturated rings. The maximum absolute atomic E-state index is 6.00. The lowest BCUT2D eigenvalue weighted by molar-refractivity contribution is 0.286. The zero-order valence-electron chi connectivity index (χ0n) is 18.3. The van der Waals surface area contributed by atoms with E-state index < -0.39 is 0 Å². The van der Waals surface area contributed by atoms with Crippen LogP contribution in [0.25, 0.3) is 10.8 Å². The molecule has 30 heavy (non-hydrogen) atoms. The molecule has 0 aliphatic heterocycles. The van der Waals surface area contributed by atoms with Crippen molar-refractivity contribution < 1.29 is 14.2 Å². The summed E-state index contributed by atoms with van der Waals surface area (Å²) in [6.45, 7) is 1.45. The van der Waals surface area contributed by atoms with Gasteiger partial charge in [-0.3, -0.25) is 0 Å². The molecule has 0 bridgehead atoms. The predicted molar refractivity (Wildman–Crippen MR) is 129 cm³/mol. The summed E-state index contributed by atoms with van der Waals surface area (Å²) in [5, 5.41) is 2.14. The van der Waals surface area contributed by atoms with Crippen LogP contribution in [0.15, 0.2) is 30.3 Å². The summed E-state index contributed by atoms with van der Waals surface area (Å²) < 4.78 is 17.6. The van der Waals surface area contributed by atoms with Gasteiger partial charge in [0.25, 0.3) is 0 Å². The summed E-state index contributed by atoms with van der Waals surface area (Å²) in [4.78, 5) is 0. The van der Waals surface area contributed by atoms with Crippen molar-refractivity contribution in [2.45, 2.75) is 64.2 Å². The van der Waals surface area contributed by atoms with E-state index in [0.29, 0.717) is 6.61 Å². The number of unbranched alkanes of at least 4 members (excludes halogenated alkanes) is 8. The van der Waals surface area contributed by atoms with Gasteiger partial charge in [0.2, 0.25) is 0 Å². The van der Waals surface area contributed by atoms with Crippen molar-refractivity contribution in [1.29, 1.82) is 0 Å². The smallest absolute Gasteiger partial charge is 0.168 e. The molecule has 0 radical (unpaired) electrons. The number of methoxy groups -OCH3 is 1. The van der Waals surface area contributed by atoms with E-state index in [9.17, 15) is 0 Å². The summed E-state index contributed by atoms with van der Waals surface area (Å²) >= 11 is 11.4. The Morgan fingerprint density at radius 2 is 1.27 bits per heavy atom.